The van der Waals surface area contributed by atoms with Crippen LogP contribution in [0.1, 0.15) is 19.4 Å². The zero-order chi connectivity index (χ0) is 12.8. The van der Waals surface area contributed by atoms with Crippen molar-refractivity contribution in [3.63, 3.8) is 0 Å². The number of aromatic nitrogens is 1. The van der Waals surface area contributed by atoms with Crippen molar-refractivity contribution in [3.05, 3.63) is 22.3 Å². The highest BCUT2D eigenvalue weighted by Gasteiger charge is 2.13. The molecular formula is C11H18BrN3O2. The standard InChI is InChI=1S/C11H18BrN3O2/c1-3-17-11(16)7(2)14-5-8-4-9(12)6-15-10(8)13/h4,6-7,11,14,16H,3,5H2,1-2H3,(H2,13,15)/t7-,11?/m1/s1. The summed E-state index contributed by atoms with van der Waals surface area (Å²) in [7, 11) is 0. The van der Waals surface area contributed by atoms with Crippen molar-refractivity contribution in [1.82, 2.24) is 10.3 Å². The number of pyridine rings is 1. The number of halogens is 1. The first-order valence-corrected chi connectivity index (χ1v) is 6.26. The lowest BCUT2D eigenvalue weighted by atomic mass is 10.2. The number of ether oxygens (including phenoxy) is 1. The summed E-state index contributed by atoms with van der Waals surface area (Å²) in [4.78, 5) is 4.03. The number of hydrogen-bond donors (Lipinski definition) is 3. The van der Waals surface area contributed by atoms with Gasteiger partial charge in [-0.1, -0.05) is 0 Å². The number of aliphatic hydroxyl groups is 1. The predicted molar refractivity (Wildman–Crippen MR) is 70.3 cm³/mol. The Morgan fingerprint density at radius 3 is 3.00 bits per heavy atom. The molecule has 1 unspecified atom stereocenters. The lowest BCUT2D eigenvalue weighted by Crippen LogP contribution is -2.38. The summed E-state index contributed by atoms with van der Waals surface area (Å²) in [5, 5.41) is 12.7. The quantitative estimate of drug-likeness (QED) is 0.689. The van der Waals surface area contributed by atoms with Crippen LogP contribution in [0.2, 0.25) is 0 Å². The van der Waals surface area contributed by atoms with E-state index in [1.807, 2.05) is 19.9 Å². The maximum Gasteiger partial charge on any atom is 0.169 e. The lowest BCUT2D eigenvalue weighted by molar-refractivity contribution is -0.112. The van der Waals surface area contributed by atoms with E-state index in [1.54, 1.807) is 6.20 Å². The van der Waals surface area contributed by atoms with E-state index in [-0.39, 0.29) is 6.04 Å². The van der Waals surface area contributed by atoms with Gasteiger partial charge in [-0.15, -0.1) is 0 Å². The largest absolute Gasteiger partial charge is 0.383 e. The molecule has 0 saturated carbocycles. The maximum absolute atomic E-state index is 9.58. The highest BCUT2D eigenvalue weighted by molar-refractivity contribution is 9.10. The Morgan fingerprint density at radius 1 is 1.65 bits per heavy atom. The molecule has 0 aliphatic rings. The van der Waals surface area contributed by atoms with Crippen LogP contribution in [0.15, 0.2) is 16.7 Å². The van der Waals surface area contributed by atoms with Crippen LogP contribution in [0.4, 0.5) is 5.82 Å². The second-order valence-corrected chi connectivity index (χ2v) is 4.63. The molecule has 5 nitrogen and oxygen atoms in total. The van der Waals surface area contributed by atoms with E-state index in [9.17, 15) is 5.11 Å². The molecule has 0 aliphatic carbocycles. The molecule has 0 aliphatic heterocycles. The number of aliphatic hydroxyl groups excluding tert-OH is 1. The first-order valence-electron chi connectivity index (χ1n) is 5.47. The van der Waals surface area contributed by atoms with Gasteiger partial charge in [0.05, 0.1) is 6.04 Å². The number of nitrogens with two attached hydrogens (primary N) is 1. The van der Waals surface area contributed by atoms with E-state index in [0.29, 0.717) is 19.0 Å². The summed E-state index contributed by atoms with van der Waals surface area (Å²) in [6.45, 7) is 4.70. The molecule has 1 aromatic rings. The fourth-order valence-corrected chi connectivity index (χ4v) is 1.70. The fourth-order valence-electron chi connectivity index (χ4n) is 1.32. The van der Waals surface area contributed by atoms with E-state index in [0.717, 1.165) is 10.0 Å². The number of rotatable bonds is 6. The van der Waals surface area contributed by atoms with Crippen LogP contribution in [0.3, 0.4) is 0 Å². The van der Waals surface area contributed by atoms with E-state index < -0.39 is 6.29 Å². The first-order chi connectivity index (χ1) is 8.04. The minimum absolute atomic E-state index is 0.173. The Hall–Kier alpha value is -0.690. The Bertz CT molecular complexity index is 363. The third-order valence-corrected chi connectivity index (χ3v) is 2.78. The Labute approximate surface area is 110 Å². The highest BCUT2D eigenvalue weighted by atomic mass is 79.9. The molecule has 17 heavy (non-hydrogen) atoms. The zero-order valence-electron chi connectivity index (χ0n) is 9.98. The van der Waals surface area contributed by atoms with Gasteiger partial charge in [0.25, 0.3) is 0 Å². The van der Waals surface area contributed by atoms with Gasteiger partial charge in [0.1, 0.15) is 5.82 Å². The van der Waals surface area contributed by atoms with Gasteiger partial charge >= 0.3 is 0 Å². The topological polar surface area (TPSA) is 80.4 Å². The van der Waals surface area contributed by atoms with Crippen molar-refractivity contribution < 1.29 is 9.84 Å². The van der Waals surface area contributed by atoms with E-state index >= 15 is 0 Å². The maximum atomic E-state index is 9.58. The fraction of sp³-hybridized carbons (Fsp3) is 0.545. The summed E-state index contributed by atoms with van der Waals surface area (Å²) in [6, 6.07) is 1.73. The van der Waals surface area contributed by atoms with Crippen LogP contribution >= 0.6 is 15.9 Å². The molecule has 0 bridgehead atoms. The molecule has 0 spiro atoms. The van der Waals surface area contributed by atoms with Crippen LogP contribution in [0, 0.1) is 0 Å². The monoisotopic (exact) mass is 303 g/mol. The summed E-state index contributed by atoms with van der Waals surface area (Å²) >= 11 is 3.34. The van der Waals surface area contributed by atoms with Crippen molar-refractivity contribution in [3.8, 4) is 0 Å². The molecule has 1 aromatic heterocycles. The third-order valence-electron chi connectivity index (χ3n) is 2.35. The molecular weight excluding hydrogens is 286 g/mol. The molecule has 2 atom stereocenters. The summed E-state index contributed by atoms with van der Waals surface area (Å²) in [5.74, 6) is 0.485. The van der Waals surface area contributed by atoms with Crippen LogP contribution < -0.4 is 11.1 Å². The van der Waals surface area contributed by atoms with E-state index in [4.69, 9.17) is 10.5 Å². The second-order valence-electron chi connectivity index (χ2n) is 3.71. The van der Waals surface area contributed by atoms with Crippen LogP contribution in [-0.2, 0) is 11.3 Å². The number of nitrogens with zero attached hydrogens (tertiary/aromatic N) is 1. The van der Waals surface area contributed by atoms with Gasteiger partial charge in [-0.3, -0.25) is 0 Å². The molecule has 0 fully saturated rings. The van der Waals surface area contributed by atoms with E-state index in [2.05, 4.69) is 26.2 Å². The van der Waals surface area contributed by atoms with Crippen LogP contribution in [0.25, 0.3) is 0 Å². The molecule has 1 rings (SSSR count). The molecule has 96 valence electrons. The average Bonchev–Trinajstić information content (AvgIpc) is 2.30. The van der Waals surface area contributed by atoms with Gasteiger partial charge in [0.2, 0.25) is 0 Å². The SMILES string of the molecule is CCOC(O)[C@@H](C)NCc1cc(Br)cnc1N. The second kappa shape index (κ2) is 6.90. The van der Waals surface area contributed by atoms with Crippen molar-refractivity contribution >= 4 is 21.7 Å². The minimum atomic E-state index is -0.818. The summed E-state index contributed by atoms with van der Waals surface area (Å²) in [5.41, 5.74) is 6.63. The molecule has 6 heteroatoms. The van der Waals surface area contributed by atoms with Gasteiger partial charge < -0.3 is 20.9 Å². The lowest BCUT2D eigenvalue weighted by Gasteiger charge is -2.20. The smallest absolute Gasteiger partial charge is 0.169 e. The molecule has 0 aromatic carbocycles. The van der Waals surface area contributed by atoms with E-state index in [1.165, 1.54) is 0 Å². The van der Waals surface area contributed by atoms with Gasteiger partial charge in [-0.25, -0.2) is 4.98 Å². The van der Waals surface area contributed by atoms with Crippen LogP contribution in [0.5, 0.6) is 0 Å². The van der Waals surface area contributed by atoms with Gasteiger partial charge in [0.15, 0.2) is 6.29 Å². The van der Waals surface area contributed by atoms with Crippen molar-refractivity contribution in [2.45, 2.75) is 32.7 Å². The number of nitrogen functional groups attached to an aromatic ring is 1. The van der Waals surface area contributed by atoms with Gasteiger partial charge in [-0.05, 0) is 35.8 Å². The Balaban J connectivity index is 2.52. The van der Waals surface area contributed by atoms with Crippen molar-refractivity contribution in [2.24, 2.45) is 0 Å². The molecule has 0 amide bonds. The summed E-state index contributed by atoms with van der Waals surface area (Å²) in [6.07, 6.45) is 0.832. The molecule has 0 saturated heterocycles. The first kappa shape index (κ1) is 14.4. The zero-order valence-corrected chi connectivity index (χ0v) is 11.6. The third kappa shape index (κ3) is 4.59. The van der Waals surface area contributed by atoms with Crippen LogP contribution in [-0.4, -0.2) is 29.0 Å². The van der Waals surface area contributed by atoms with Crippen molar-refractivity contribution in [2.75, 3.05) is 12.3 Å². The van der Waals surface area contributed by atoms with Gasteiger partial charge in [-0.2, -0.15) is 0 Å². The number of anilines is 1. The van der Waals surface area contributed by atoms with Crippen molar-refractivity contribution in [1.29, 1.82) is 0 Å². The molecule has 0 radical (unpaired) electrons. The number of hydrogen-bond acceptors (Lipinski definition) is 5. The molecule has 1 heterocycles. The normalized spacial score (nSPS) is 14.6. The average molecular weight is 304 g/mol. The Morgan fingerprint density at radius 2 is 2.35 bits per heavy atom. The minimum Gasteiger partial charge on any atom is -0.383 e. The Kier molecular flexibility index (Phi) is 5.84. The predicted octanol–water partition coefficient (Wildman–Crippen LogP) is 1.26. The van der Waals surface area contributed by atoms with Gasteiger partial charge in [0, 0.05) is 29.4 Å². The molecule has 4 N–H and O–H groups in total. The number of nitrogens with one attached hydrogen (secondary N) is 1. The highest BCUT2D eigenvalue weighted by Crippen LogP contribution is 2.15. The summed E-state index contributed by atoms with van der Waals surface area (Å²) < 4.78 is 5.96.